The first-order valence-electron chi connectivity index (χ1n) is 8.70. The highest BCUT2D eigenvalue weighted by molar-refractivity contribution is 5.77. The molecule has 0 saturated carbocycles. The monoisotopic (exact) mass is 354 g/mol. The third-order valence-electron chi connectivity index (χ3n) is 5.07. The molecule has 4 heterocycles. The molecule has 1 N–H and O–H groups in total. The van der Waals surface area contributed by atoms with Crippen LogP contribution >= 0.6 is 0 Å². The largest absolute Gasteiger partial charge is 0.368 e. The van der Waals surface area contributed by atoms with Crippen molar-refractivity contribution in [3.05, 3.63) is 36.2 Å². The number of piperidine rings is 1. The number of imidazole rings is 1. The summed E-state index contributed by atoms with van der Waals surface area (Å²) in [4.78, 5) is 18.5. The zero-order valence-electron chi connectivity index (χ0n) is 15.1. The van der Waals surface area contributed by atoms with Crippen molar-refractivity contribution in [2.45, 2.75) is 25.8 Å². The van der Waals surface area contributed by atoms with E-state index in [4.69, 9.17) is 0 Å². The van der Waals surface area contributed by atoms with Crippen molar-refractivity contribution in [1.82, 2.24) is 34.3 Å². The minimum Gasteiger partial charge on any atom is -0.368 e. The summed E-state index contributed by atoms with van der Waals surface area (Å²) in [6.07, 6.45) is 5.07. The number of rotatable bonds is 4. The third-order valence-corrected chi connectivity index (χ3v) is 5.07. The standard InChI is InChI=1S/C17H22N8O/c1-11-20-21-14-6-5-13(22-25(11)14)19-10-12-4-7-15(26)24(3)16(12)17-18-8-9-23(17)2/h5-6,8-9,12,16H,4,7,10H2,1-3H3,(H,19,22)/t12-,16+/m1/s1. The Labute approximate surface area is 151 Å². The van der Waals surface area contributed by atoms with Gasteiger partial charge in [0, 0.05) is 45.4 Å². The van der Waals surface area contributed by atoms with E-state index in [1.165, 1.54) is 0 Å². The highest BCUT2D eigenvalue weighted by Gasteiger charge is 2.36. The van der Waals surface area contributed by atoms with Gasteiger partial charge in [-0.3, -0.25) is 4.79 Å². The molecule has 3 aromatic heterocycles. The molecule has 3 aromatic rings. The molecule has 0 spiro atoms. The first-order valence-corrected chi connectivity index (χ1v) is 8.70. The second kappa shape index (κ2) is 6.40. The lowest BCUT2D eigenvalue weighted by Crippen LogP contribution is -2.43. The SMILES string of the molecule is Cc1nnc2ccc(NC[C@H]3CCC(=O)N(C)[C@@H]3c3nccn3C)nn12. The number of amides is 1. The van der Waals surface area contributed by atoms with Gasteiger partial charge < -0.3 is 14.8 Å². The van der Waals surface area contributed by atoms with E-state index in [0.717, 1.165) is 29.5 Å². The average Bonchev–Trinajstić information content (AvgIpc) is 3.22. The van der Waals surface area contributed by atoms with E-state index in [0.29, 0.717) is 13.0 Å². The molecule has 2 atom stereocenters. The quantitative estimate of drug-likeness (QED) is 0.756. The van der Waals surface area contributed by atoms with Crippen LogP contribution in [0.2, 0.25) is 0 Å². The van der Waals surface area contributed by atoms with Crippen LogP contribution in [0.4, 0.5) is 5.82 Å². The van der Waals surface area contributed by atoms with Gasteiger partial charge in [-0.15, -0.1) is 15.3 Å². The number of aryl methyl sites for hydroxylation is 2. The number of likely N-dealkylation sites (tertiary alicyclic amines) is 1. The average molecular weight is 354 g/mol. The number of anilines is 1. The Morgan fingerprint density at radius 2 is 2.12 bits per heavy atom. The van der Waals surface area contributed by atoms with Crippen LogP contribution in [0.1, 0.15) is 30.5 Å². The number of carbonyl (C=O) groups excluding carboxylic acids is 1. The minimum absolute atomic E-state index is 0.0517. The second-order valence-electron chi connectivity index (χ2n) is 6.76. The van der Waals surface area contributed by atoms with Crippen molar-refractivity contribution in [2.75, 3.05) is 18.9 Å². The van der Waals surface area contributed by atoms with Gasteiger partial charge in [-0.05, 0) is 25.5 Å². The Kier molecular flexibility index (Phi) is 4.06. The summed E-state index contributed by atoms with van der Waals surface area (Å²) in [5, 5.41) is 16.0. The number of nitrogens with zero attached hydrogens (tertiary/aromatic N) is 7. The first-order chi connectivity index (χ1) is 12.5. The van der Waals surface area contributed by atoms with Crippen LogP contribution in [-0.2, 0) is 11.8 Å². The molecule has 9 heteroatoms. The van der Waals surface area contributed by atoms with E-state index < -0.39 is 0 Å². The molecule has 0 radical (unpaired) electrons. The van der Waals surface area contributed by atoms with Gasteiger partial charge in [-0.2, -0.15) is 4.52 Å². The van der Waals surface area contributed by atoms with Gasteiger partial charge in [-0.25, -0.2) is 4.98 Å². The maximum Gasteiger partial charge on any atom is 0.222 e. The van der Waals surface area contributed by atoms with Crippen LogP contribution in [-0.4, -0.2) is 53.8 Å². The zero-order chi connectivity index (χ0) is 18.3. The number of fused-ring (bicyclic) bond motifs is 1. The van der Waals surface area contributed by atoms with Gasteiger partial charge in [0.1, 0.15) is 11.6 Å². The Balaban J connectivity index is 1.55. The van der Waals surface area contributed by atoms with Crippen LogP contribution in [0, 0.1) is 12.8 Å². The molecule has 0 aliphatic carbocycles. The number of hydrogen-bond donors (Lipinski definition) is 1. The fourth-order valence-corrected chi connectivity index (χ4v) is 3.60. The lowest BCUT2D eigenvalue weighted by molar-refractivity contribution is -0.137. The lowest BCUT2D eigenvalue weighted by Gasteiger charge is -2.38. The van der Waals surface area contributed by atoms with E-state index in [-0.39, 0.29) is 17.9 Å². The number of aromatic nitrogens is 6. The molecule has 1 aliphatic heterocycles. The second-order valence-corrected chi connectivity index (χ2v) is 6.76. The van der Waals surface area contributed by atoms with Crippen molar-refractivity contribution in [3.63, 3.8) is 0 Å². The van der Waals surface area contributed by atoms with E-state index in [2.05, 4.69) is 25.6 Å². The number of hydrogen-bond acceptors (Lipinski definition) is 6. The fourth-order valence-electron chi connectivity index (χ4n) is 3.60. The van der Waals surface area contributed by atoms with E-state index in [9.17, 15) is 4.79 Å². The fraction of sp³-hybridized carbons (Fsp3) is 0.471. The van der Waals surface area contributed by atoms with Gasteiger partial charge in [0.2, 0.25) is 5.91 Å². The Hall–Kier alpha value is -2.97. The molecule has 1 aliphatic rings. The smallest absolute Gasteiger partial charge is 0.222 e. The molecule has 4 rings (SSSR count). The maximum atomic E-state index is 12.2. The van der Waals surface area contributed by atoms with Crippen molar-refractivity contribution < 1.29 is 4.79 Å². The van der Waals surface area contributed by atoms with E-state index in [1.54, 1.807) is 10.7 Å². The topological polar surface area (TPSA) is 93.2 Å². The summed E-state index contributed by atoms with van der Waals surface area (Å²) >= 11 is 0. The Morgan fingerprint density at radius 1 is 1.27 bits per heavy atom. The highest BCUT2D eigenvalue weighted by Crippen LogP contribution is 2.34. The summed E-state index contributed by atoms with van der Waals surface area (Å²) < 4.78 is 3.70. The van der Waals surface area contributed by atoms with Crippen LogP contribution in [0.5, 0.6) is 0 Å². The summed E-state index contributed by atoms with van der Waals surface area (Å²) in [5.41, 5.74) is 0.724. The molecular weight excluding hydrogens is 332 g/mol. The van der Waals surface area contributed by atoms with E-state index in [1.807, 2.05) is 48.8 Å². The van der Waals surface area contributed by atoms with Gasteiger partial charge in [0.25, 0.3) is 0 Å². The van der Waals surface area contributed by atoms with Crippen LogP contribution in [0.3, 0.4) is 0 Å². The molecule has 136 valence electrons. The molecule has 1 amide bonds. The number of nitrogens with one attached hydrogen (secondary N) is 1. The molecule has 1 fully saturated rings. The summed E-state index contributed by atoms with van der Waals surface area (Å²) in [6.45, 7) is 2.57. The zero-order valence-corrected chi connectivity index (χ0v) is 15.1. The molecule has 9 nitrogen and oxygen atoms in total. The lowest BCUT2D eigenvalue weighted by atomic mass is 9.88. The molecular formula is C17H22N8O. The van der Waals surface area contributed by atoms with Gasteiger partial charge in [-0.1, -0.05) is 0 Å². The highest BCUT2D eigenvalue weighted by atomic mass is 16.2. The van der Waals surface area contributed by atoms with Crippen molar-refractivity contribution in [2.24, 2.45) is 13.0 Å². The first kappa shape index (κ1) is 16.5. The Bertz CT molecular complexity index is 945. The van der Waals surface area contributed by atoms with Crippen molar-refractivity contribution in [3.8, 4) is 0 Å². The maximum absolute atomic E-state index is 12.2. The normalized spacial score (nSPS) is 20.7. The van der Waals surface area contributed by atoms with Crippen molar-refractivity contribution >= 4 is 17.4 Å². The van der Waals surface area contributed by atoms with Gasteiger partial charge in [0.05, 0.1) is 6.04 Å². The summed E-state index contributed by atoms with van der Waals surface area (Å²) in [5.74, 6) is 2.83. The predicted molar refractivity (Wildman–Crippen MR) is 95.5 cm³/mol. The minimum atomic E-state index is -0.0517. The summed E-state index contributed by atoms with van der Waals surface area (Å²) in [7, 11) is 3.82. The molecule has 1 saturated heterocycles. The predicted octanol–water partition coefficient (Wildman–Crippen LogP) is 1.19. The molecule has 0 aromatic carbocycles. The molecule has 26 heavy (non-hydrogen) atoms. The summed E-state index contributed by atoms with van der Waals surface area (Å²) in [6, 6.07) is 3.74. The van der Waals surface area contributed by atoms with Gasteiger partial charge >= 0.3 is 0 Å². The number of carbonyl (C=O) groups is 1. The van der Waals surface area contributed by atoms with E-state index >= 15 is 0 Å². The third kappa shape index (κ3) is 2.79. The molecule has 0 bridgehead atoms. The van der Waals surface area contributed by atoms with Crippen LogP contribution in [0.25, 0.3) is 5.65 Å². The van der Waals surface area contributed by atoms with Crippen LogP contribution in [0.15, 0.2) is 24.5 Å². The molecule has 0 unspecified atom stereocenters. The van der Waals surface area contributed by atoms with Gasteiger partial charge in [0.15, 0.2) is 11.5 Å². The van der Waals surface area contributed by atoms with Crippen molar-refractivity contribution in [1.29, 1.82) is 0 Å². The Morgan fingerprint density at radius 3 is 2.88 bits per heavy atom. The van der Waals surface area contributed by atoms with Crippen LogP contribution < -0.4 is 5.32 Å².